The topological polar surface area (TPSA) is 71.5 Å². The lowest BCUT2D eigenvalue weighted by atomic mass is 9.75. The van der Waals surface area contributed by atoms with Gasteiger partial charge in [0, 0.05) is 29.3 Å². The number of ether oxygens (including phenoxy) is 1. The van der Waals surface area contributed by atoms with E-state index in [0.717, 1.165) is 40.4 Å². The van der Waals surface area contributed by atoms with E-state index in [9.17, 15) is 18.7 Å². The summed E-state index contributed by atoms with van der Waals surface area (Å²) in [6.07, 6.45) is 7.92. The van der Waals surface area contributed by atoms with Crippen molar-refractivity contribution >= 4 is 22.9 Å². The van der Waals surface area contributed by atoms with Crippen LogP contribution in [0, 0.1) is 17.6 Å². The number of aliphatic hydroxyl groups is 1. The Hall–Kier alpha value is -3.32. The molecule has 0 radical (unpaired) electrons. The average molecular weight is 467 g/mol. The lowest BCUT2D eigenvalue weighted by Gasteiger charge is -2.35. The van der Waals surface area contributed by atoms with Crippen LogP contribution in [0.2, 0.25) is 0 Å². The molecule has 4 rings (SSSR count). The summed E-state index contributed by atoms with van der Waals surface area (Å²) in [6, 6.07) is 10.9. The Morgan fingerprint density at radius 2 is 2.00 bits per heavy atom. The van der Waals surface area contributed by atoms with E-state index in [2.05, 4.69) is 10.3 Å². The zero-order chi connectivity index (χ0) is 24.1. The number of pyridine rings is 1. The third-order valence-electron chi connectivity index (χ3n) is 6.63. The highest BCUT2D eigenvalue weighted by atomic mass is 19.1. The molecule has 0 unspecified atom stereocenters. The van der Waals surface area contributed by atoms with E-state index >= 15 is 0 Å². The summed E-state index contributed by atoms with van der Waals surface area (Å²) in [4.78, 5) is 16.9. The van der Waals surface area contributed by atoms with Crippen LogP contribution in [0.4, 0.5) is 8.78 Å². The Kier molecular flexibility index (Phi) is 7.22. The van der Waals surface area contributed by atoms with Gasteiger partial charge in [-0.05, 0) is 92.6 Å². The molecule has 1 saturated carbocycles. The lowest BCUT2D eigenvalue weighted by Crippen LogP contribution is -2.38. The summed E-state index contributed by atoms with van der Waals surface area (Å²) >= 11 is 0. The van der Waals surface area contributed by atoms with Crippen LogP contribution >= 0.6 is 0 Å². The first-order valence-corrected chi connectivity index (χ1v) is 11.4. The van der Waals surface area contributed by atoms with Gasteiger partial charge in [0.2, 0.25) is 5.91 Å². The number of fused-ring (bicyclic) bond motifs is 1. The summed E-state index contributed by atoms with van der Waals surface area (Å²) < 4.78 is 32.3. The van der Waals surface area contributed by atoms with Crippen molar-refractivity contribution in [3.63, 3.8) is 0 Å². The van der Waals surface area contributed by atoms with Crippen molar-refractivity contribution in [1.82, 2.24) is 10.3 Å². The molecule has 1 heterocycles. The van der Waals surface area contributed by atoms with Gasteiger partial charge in [0.15, 0.2) is 0 Å². The zero-order valence-corrected chi connectivity index (χ0v) is 19.1. The molecular formula is C27H28F2N2O3. The smallest absolute Gasteiger partial charge is 0.227 e. The number of aromatic nitrogens is 1. The normalized spacial score (nSPS) is 20.5. The van der Waals surface area contributed by atoms with Crippen LogP contribution in [-0.2, 0) is 11.2 Å². The van der Waals surface area contributed by atoms with Crippen LogP contribution in [0.3, 0.4) is 0 Å². The Balaban J connectivity index is 1.31. The molecule has 3 aromatic rings. The highest BCUT2D eigenvalue weighted by Crippen LogP contribution is 2.36. The standard InChI is InChI=1S/C27H28F2N2O3/c1-34-22-3-5-25-23(17-22)18(9-14-30-25)6-11-27(33)12-7-19(8-13-27)26(32)31-15-10-20-16-21(28)2-4-24(20)29/h2-5,9-10,14-17,19,33H,6-8,11-13H2,1H3,(H,31,32)/t19-,27+. The molecule has 0 spiro atoms. The van der Waals surface area contributed by atoms with Crippen molar-refractivity contribution in [2.24, 2.45) is 5.92 Å². The van der Waals surface area contributed by atoms with Crippen molar-refractivity contribution < 1.29 is 23.4 Å². The fourth-order valence-electron chi connectivity index (χ4n) is 4.54. The Bertz CT molecular complexity index is 1200. The van der Waals surface area contributed by atoms with E-state index in [1.165, 1.54) is 12.3 Å². The molecule has 1 fully saturated rings. The van der Waals surface area contributed by atoms with E-state index in [0.29, 0.717) is 38.5 Å². The van der Waals surface area contributed by atoms with E-state index in [4.69, 9.17) is 4.74 Å². The molecule has 178 valence electrons. The first kappa shape index (κ1) is 23.8. The van der Waals surface area contributed by atoms with Gasteiger partial charge in [0.05, 0.1) is 18.2 Å². The third-order valence-corrected chi connectivity index (χ3v) is 6.63. The molecule has 2 N–H and O–H groups in total. The number of nitrogens with one attached hydrogen (secondary N) is 1. The van der Waals surface area contributed by atoms with Crippen molar-refractivity contribution in [1.29, 1.82) is 0 Å². The summed E-state index contributed by atoms with van der Waals surface area (Å²) in [7, 11) is 1.63. The first-order valence-electron chi connectivity index (χ1n) is 11.4. The molecule has 0 saturated heterocycles. The van der Waals surface area contributed by atoms with E-state index in [1.807, 2.05) is 24.3 Å². The van der Waals surface area contributed by atoms with Crippen LogP contribution < -0.4 is 10.1 Å². The van der Waals surface area contributed by atoms with Crippen molar-refractivity contribution in [2.75, 3.05) is 7.11 Å². The number of halogens is 2. The predicted molar refractivity (Wildman–Crippen MR) is 127 cm³/mol. The van der Waals surface area contributed by atoms with Gasteiger partial charge in [0.1, 0.15) is 17.4 Å². The molecule has 5 nitrogen and oxygen atoms in total. The summed E-state index contributed by atoms with van der Waals surface area (Å²) in [5.41, 5.74) is 1.23. The van der Waals surface area contributed by atoms with Crippen molar-refractivity contribution in [2.45, 2.75) is 44.1 Å². The van der Waals surface area contributed by atoms with Gasteiger partial charge in [-0.15, -0.1) is 0 Å². The highest BCUT2D eigenvalue weighted by Gasteiger charge is 2.35. The fraction of sp³-hybridized carbons (Fsp3) is 0.333. The molecule has 34 heavy (non-hydrogen) atoms. The molecule has 2 aromatic carbocycles. The molecule has 1 aromatic heterocycles. The second kappa shape index (κ2) is 10.3. The summed E-state index contributed by atoms with van der Waals surface area (Å²) in [6.45, 7) is 0. The van der Waals surface area contributed by atoms with E-state index in [1.54, 1.807) is 13.3 Å². The van der Waals surface area contributed by atoms with Gasteiger partial charge in [-0.2, -0.15) is 0 Å². The van der Waals surface area contributed by atoms with Gasteiger partial charge < -0.3 is 15.2 Å². The zero-order valence-electron chi connectivity index (χ0n) is 19.1. The first-order chi connectivity index (χ1) is 16.4. The maximum atomic E-state index is 13.7. The Morgan fingerprint density at radius 3 is 2.76 bits per heavy atom. The number of nitrogens with zero attached hydrogens (tertiary/aromatic N) is 1. The summed E-state index contributed by atoms with van der Waals surface area (Å²) in [5, 5.41) is 14.8. The monoisotopic (exact) mass is 466 g/mol. The largest absolute Gasteiger partial charge is 0.497 e. The molecule has 0 bridgehead atoms. The van der Waals surface area contributed by atoms with Crippen LogP contribution in [0.25, 0.3) is 17.0 Å². The van der Waals surface area contributed by atoms with Crippen LogP contribution in [0.5, 0.6) is 5.75 Å². The molecule has 7 heteroatoms. The number of methoxy groups -OCH3 is 1. The summed E-state index contributed by atoms with van der Waals surface area (Å²) in [5.74, 6) is -0.746. The number of benzene rings is 2. The Labute approximate surface area is 197 Å². The van der Waals surface area contributed by atoms with Gasteiger partial charge in [0.25, 0.3) is 0 Å². The van der Waals surface area contributed by atoms with Gasteiger partial charge in [-0.3, -0.25) is 9.78 Å². The average Bonchev–Trinajstić information content (AvgIpc) is 2.85. The highest BCUT2D eigenvalue weighted by molar-refractivity contribution is 5.83. The van der Waals surface area contributed by atoms with Crippen molar-refractivity contribution in [3.05, 3.63) is 77.6 Å². The SMILES string of the molecule is COc1ccc2nccc(CC[C@]3(O)CC[C@@H](C(=O)NC=Cc4cc(F)ccc4F)CC3)c2c1. The number of hydrogen-bond donors (Lipinski definition) is 2. The van der Waals surface area contributed by atoms with E-state index in [-0.39, 0.29) is 17.4 Å². The number of aryl methyl sites for hydroxylation is 1. The maximum Gasteiger partial charge on any atom is 0.227 e. The third kappa shape index (κ3) is 5.59. The maximum absolute atomic E-state index is 13.7. The number of carbonyl (C=O) groups is 1. The van der Waals surface area contributed by atoms with Gasteiger partial charge >= 0.3 is 0 Å². The number of carbonyl (C=O) groups excluding carboxylic acids is 1. The Morgan fingerprint density at radius 1 is 1.21 bits per heavy atom. The van der Waals surface area contributed by atoms with Gasteiger partial charge in [-0.1, -0.05) is 0 Å². The van der Waals surface area contributed by atoms with Crippen LogP contribution in [0.1, 0.15) is 43.2 Å². The molecule has 0 aliphatic heterocycles. The molecule has 1 aliphatic carbocycles. The van der Waals surface area contributed by atoms with E-state index < -0.39 is 17.2 Å². The van der Waals surface area contributed by atoms with Crippen molar-refractivity contribution in [3.8, 4) is 5.75 Å². The number of amides is 1. The second-order valence-corrected chi connectivity index (χ2v) is 8.86. The minimum Gasteiger partial charge on any atom is -0.497 e. The minimum atomic E-state index is -0.828. The quantitative estimate of drug-likeness (QED) is 0.504. The minimum absolute atomic E-state index is 0.0691. The predicted octanol–water partition coefficient (Wildman–Crippen LogP) is 5.16. The molecule has 1 amide bonds. The number of rotatable bonds is 7. The molecular weight excluding hydrogens is 438 g/mol. The number of hydrogen-bond acceptors (Lipinski definition) is 4. The second-order valence-electron chi connectivity index (χ2n) is 8.86. The lowest BCUT2D eigenvalue weighted by molar-refractivity contribution is -0.127. The van der Waals surface area contributed by atoms with Crippen LogP contribution in [0.15, 0.2) is 54.9 Å². The molecule has 1 aliphatic rings. The fourth-order valence-corrected chi connectivity index (χ4v) is 4.54. The van der Waals surface area contributed by atoms with Crippen LogP contribution in [-0.4, -0.2) is 28.7 Å². The molecule has 0 atom stereocenters. The van der Waals surface area contributed by atoms with Gasteiger partial charge in [-0.25, -0.2) is 8.78 Å².